The van der Waals surface area contributed by atoms with Crippen molar-refractivity contribution in [1.82, 2.24) is 9.97 Å². The maximum Gasteiger partial charge on any atom is 0.358 e. The number of benzene rings is 1. The van der Waals surface area contributed by atoms with Crippen LogP contribution in [0.1, 0.15) is 10.5 Å². The predicted molar refractivity (Wildman–Crippen MR) is 107 cm³/mol. The fourth-order valence-electron chi connectivity index (χ4n) is 2.12. The van der Waals surface area contributed by atoms with Crippen LogP contribution in [0.2, 0.25) is 0 Å². The van der Waals surface area contributed by atoms with E-state index in [1.54, 1.807) is 6.08 Å². The second kappa shape index (κ2) is 9.34. The van der Waals surface area contributed by atoms with Gasteiger partial charge in [0.25, 0.3) is 5.91 Å². The Hall–Kier alpha value is -3.18. The van der Waals surface area contributed by atoms with Crippen LogP contribution in [0.15, 0.2) is 41.6 Å². The summed E-state index contributed by atoms with van der Waals surface area (Å²) >= 11 is 2.25. The summed E-state index contributed by atoms with van der Waals surface area (Å²) in [5.74, 6) is -2.60. The summed E-state index contributed by atoms with van der Waals surface area (Å²) in [6.45, 7) is 3.52. The van der Waals surface area contributed by atoms with Crippen molar-refractivity contribution in [3.8, 4) is 11.3 Å². The molecule has 11 heteroatoms. The lowest BCUT2D eigenvalue weighted by Crippen LogP contribution is -2.21. The standard InChI is InChI=1S/C18H14F2N4O3S2/c1-2-5-21-17-23-14(9-28-17)16(26)27-7-15(25)24-18-22-13(8-29-18)11-6-10(19)3-4-12(11)20/h2-4,6,8-9H,1,5,7H2,(H,21,23)(H,22,24,25). The van der Waals surface area contributed by atoms with Gasteiger partial charge in [-0.25, -0.2) is 23.5 Å². The van der Waals surface area contributed by atoms with Crippen LogP contribution in [0.4, 0.5) is 19.0 Å². The van der Waals surface area contributed by atoms with E-state index >= 15 is 0 Å². The third-order valence-corrected chi connectivity index (χ3v) is 4.96. The molecule has 3 rings (SSSR count). The lowest BCUT2D eigenvalue weighted by atomic mass is 10.1. The zero-order valence-electron chi connectivity index (χ0n) is 14.8. The quantitative estimate of drug-likeness (QED) is 0.410. The molecule has 0 unspecified atom stereocenters. The van der Waals surface area contributed by atoms with Gasteiger partial charge in [-0.2, -0.15) is 0 Å². The van der Waals surface area contributed by atoms with Crippen LogP contribution in [0.5, 0.6) is 0 Å². The summed E-state index contributed by atoms with van der Waals surface area (Å²) in [4.78, 5) is 32.0. The molecule has 0 fully saturated rings. The number of hydrogen-bond donors (Lipinski definition) is 2. The van der Waals surface area contributed by atoms with Gasteiger partial charge in [0.1, 0.15) is 11.6 Å². The number of nitrogens with zero attached hydrogens (tertiary/aromatic N) is 2. The van der Waals surface area contributed by atoms with E-state index in [1.165, 1.54) is 22.1 Å². The van der Waals surface area contributed by atoms with Gasteiger partial charge in [0.15, 0.2) is 22.6 Å². The van der Waals surface area contributed by atoms with Crippen molar-refractivity contribution < 1.29 is 23.1 Å². The molecule has 2 heterocycles. The number of thiazole rings is 2. The molecule has 0 radical (unpaired) electrons. The molecule has 2 aromatic heterocycles. The third kappa shape index (κ3) is 5.42. The fraction of sp³-hybridized carbons (Fsp3) is 0.111. The number of nitrogens with one attached hydrogen (secondary N) is 2. The van der Waals surface area contributed by atoms with Crippen molar-refractivity contribution in [3.63, 3.8) is 0 Å². The highest BCUT2D eigenvalue weighted by Crippen LogP contribution is 2.27. The van der Waals surface area contributed by atoms with Crippen molar-refractivity contribution in [2.75, 3.05) is 23.8 Å². The van der Waals surface area contributed by atoms with E-state index in [0.717, 1.165) is 29.5 Å². The Morgan fingerprint density at radius 1 is 1.17 bits per heavy atom. The molecular formula is C18H14F2N4O3S2. The van der Waals surface area contributed by atoms with Gasteiger partial charge < -0.3 is 10.1 Å². The number of carbonyl (C=O) groups excluding carboxylic acids is 2. The van der Waals surface area contributed by atoms with E-state index in [9.17, 15) is 18.4 Å². The average molecular weight is 436 g/mol. The first-order valence-electron chi connectivity index (χ1n) is 8.14. The van der Waals surface area contributed by atoms with Crippen LogP contribution < -0.4 is 10.6 Å². The van der Waals surface area contributed by atoms with Gasteiger partial charge in [0, 0.05) is 22.9 Å². The summed E-state index contributed by atoms with van der Waals surface area (Å²) in [6.07, 6.45) is 1.65. The molecule has 150 valence electrons. The van der Waals surface area contributed by atoms with Gasteiger partial charge in [-0.3, -0.25) is 10.1 Å². The number of anilines is 2. The van der Waals surface area contributed by atoms with Crippen molar-refractivity contribution in [2.24, 2.45) is 0 Å². The Labute approximate surface area is 172 Å². The molecule has 29 heavy (non-hydrogen) atoms. The number of halogens is 2. The summed E-state index contributed by atoms with van der Waals surface area (Å²) < 4.78 is 32.0. The molecule has 0 atom stereocenters. The molecule has 7 nitrogen and oxygen atoms in total. The molecule has 0 saturated carbocycles. The van der Waals surface area contributed by atoms with Crippen LogP contribution in [-0.4, -0.2) is 35.0 Å². The minimum absolute atomic E-state index is 0.0161. The molecule has 0 bridgehead atoms. The number of hydrogen-bond acceptors (Lipinski definition) is 8. The first-order valence-corrected chi connectivity index (χ1v) is 9.90. The van der Waals surface area contributed by atoms with E-state index in [-0.39, 0.29) is 22.1 Å². The lowest BCUT2D eigenvalue weighted by Gasteiger charge is -2.03. The highest BCUT2D eigenvalue weighted by Gasteiger charge is 2.16. The SMILES string of the molecule is C=CCNc1nc(C(=O)OCC(=O)Nc2nc(-c3cc(F)ccc3F)cs2)cs1. The zero-order chi connectivity index (χ0) is 20.8. The van der Waals surface area contributed by atoms with Crippen molar-refractivity contribution in [1.29, 1.82) is 0 Å². The second-order valence-electron chi connectivity index (χ2n) is 5.49. The first-order chi connectivity index (χ1) is 14.0. The summed E-state index contributed by atoms with van der Waals surface area (Å²) in [6, 6.07) is 3.02. The Morgan fingerprint density at radius 3 is 2.76 bits per heavy atom. The molecule has 1 amide bonds. The topological polar surface area (TPSA) is 93.2 Å². The van der Waals surface area contributed by atoms with Gasteiger partial charge in [-0.15, -0.1) is 29.3 Å². The fourth-order valence-corrected chi connectivity index (χ4v) is 3.53. The predicted octanol–water partition coefficient (Wildman–Crippen LogP) is 3.94. The highest BCUT2D eigenvalue weighted by atomic mass is 32.1. The monoisotopic (exact) mass is 436 g/mol. The van der Waals surface area contributed by atoms with Crippen molar-refractivity contribution >= 4 is 44.8 Å². The lowest BCUT2D eigenvalue weighted by molar-refractivity contribution is -0.119. The maximum atomic E-state index is 13.8. The van der Waals surface area contributed by atoms with Crippen LogP contribution in [0.3, 0.4) is 0 Å². The van der Waals surface area contributed by atoms with Crippen molar-refractivity contribution in [2.45, 2.75) is 0 Å². The molecule has 0 aliphatic carbocycles. The molecule has 1 aromatic carbocycles. The summed E-state index contributed by atoms with van der Waals surface area (Å²) in [5.41, 5.74) is 0.242. The van der Waals surface area contributed by atoms with E-state index in [1.807, 2.05) is 0 Å². The van der Waals surface area contributed by atoms with E-state index in [4.69, 9.17) is 4.74 Å². The normalized spacial score (nSPS) is 10.4. The van der Waals surface area contributed by atoms with Crippen LogP contribution >= 0.6 is 22.7 Å². The zero-order valence-corrected chi connectivity index (χ0v) is 16.4. The molecule has 0 aliphatic heterocycles. The Balaban J connectivity index is 1.54. The van der Waals surface area contributed by atoms with Crippen molar-refractivity contribution in [3.05, 3.63) is 58.9 Å². The van der Waals surface area contributed by atoms with Gasteiger partial charge >= 0.3 is 5.97 Å². The number of rotatable bonds is 8. The smallest absolute Gasteiger partial charge is 0.358 e. The van der Waals surface area contributed by atoms with Crippen LogP contribution in [0, 0.1) is 11.6 Å². The minimum atomic E-state index is -0.746. The molecule has 0 aliphatic rings. The largest absolute Gasteiger partial charge is 0.451 e. The van der Waals surface area contributed by atoms with Crippen LogP contribution in [0.25, 0.3) is 11.3 Å². The van der Waals surface area contributed by atoms with E-state index in [0.29, 0.717) is 11.7 Å². The Bertz CT molecular complexity index is 1050. The highest BCUT2D eigenvalue weighted by molar-refractivity contribution is 7.14. The van der Waals surface area contributed by atoms with Gasteiger partial charge in [-0.05, 0) is 18.2 Å². The number of amides is 1. The second-order valence-corrected chi connectivity index (χ2v) is 7.21. The van der Waals surface area contributed by atoms with Gasteiger partial charge in [-0.1, -0.05) is 6.08 Å². The minimum Gasteiger partial charge on any atom is -0.451 e. The number of aromatic nitrogens is 2. The maximum absolute atomic E-state index is 13.8. The summed E-state index contributed by atoms with van der Waals surface area (Å²) in [5, 5.41) is 9.05. The molecular weight excluding hydrogens is 422 g/mol. The molecule has 2 N–H and O–H groups in total. The molecule has 0 spiro atoms. The first kappa shape index (κ1) is 20.6. The van der Waals surface area contributed by atoms with Gasteiger partial charge in [0.2, 0.25) is 0 Å². The third-order valence-electron chi connectivity index (χ3n) is 3.40. The Kier molecular flexibility index (Phi) is 6.62. The van der Waals surface area contributed by atoms with Gasteiger partial charge in [0.05, 0.1) is 5.69 Å². The average Bonchev–Trinajstić information content (AvgIpc) is 3.36. The number of esters is 1. The molecule has 3 aromatic rings. The van der Waals surface area contributed by atoms with E-state index in [2.05, 4.69) is 27.2 Å². The number of carbonyl (C=O) groups is 2. The molecule has 0 saturated heterocycles. The Morgan fingerprint density at radius 2 is 1.97 bits per heavy atom. The van der Waals surface area contributed by atoms with E-state index < -0.39 is 30.1 Å². The van der Waals surface area contributed by atoms with Crippen LogP contribution in [-0.2, 0) is 9.53 Å². The summed E-state index contributed by atoms with van der Waals surface area (Å²) in [7, 11) is 0. The number of ether oxygens (including phenoxy) is 1.